The number of hydrogen-bond donors (Lipinski definition) is 1. The van der Waals surface area contributed by atoms with E-state index in [2.05, 4.69) is 9.88 Å². The van der Waals surface area contributed by atoms with Crippen LogP contribution in [0.4, 0.5) is 0 Å². The minimum atomic E-state index is -0.245. The first kappa shape index (κ1) is 21.2. The summed E-state index contributed by atoms with van der Waals surface area (Å²) in [6.45, 7) is 6.00. The van der Waals surface area contributed by atoms with E-state index < -0.39 is 0 Å². The zero-order chi connectivity index (χ0) is 22.0. The van der Waals surface area contributed by atoms with Crippen molar-refractivity contribution >= 4 is 23.4 Å². The molecule has 0 spiro atoms. The average Bonchev–Trinajstić information content (AvgIpc) is 3.42. The topological polar surface area (TPSA) is 54.3 Å². The molecule has 1 N–H and O–H groups in total. The highest BCUT2D eigenvalue weighted by Crippen LogP contribution is 2.23. The van der Waals surface area contributed by atoms with E-state index >= 15 is 0 Å². The fraction of sp³-hybridized carbons (Fsp3) is 0.280. The van der Waals surface area contributed by atoms with Gasteiger partial charge in [-0.1, -0.05) is 23.7 Å². The molecule has 6 heteroatoms. The number of rotatable bonds is 5. The average molecular weight is 436 g/mol. The summed E-state index contributed by atoms with van der Waals surface area (Å²) in [6.07, 6.45) is 2.12. The Morgan fingerprint density at radius 2 is 1.68 bits per heavy atom. The molecule has 0 bridgehead atoms. The lowest BCUT2D eigenvalue weighted by Gasteiger charge is -2.16. The van der Waals surface area contributed by atoms with Crippen LogP contribution >= 0.6 is 11.6 Å². The molecule has 31 heavy (non-hydrogen) atoms. The van der Waals surface area contributed by atoms with Crippen molar-refractivity contribution in [2.45, 2.75) is 33.2 Å². The van der Waals surface area contributed by atoms with E-state index in [4.69, 9.17) is 11.6 Å². The SMILES string of the molecule is Cc1ccc(C)n1-c1ccc(Cl)c(C(=O)NCc2cccc(C(=O)N3CCCC3)c2)c1. The summed E-state index contributed by atoms with van der Waals surface area (Å²) < 4.78 is 2.08. The number of carbonyl (C=O) groups is 2. The number of likely N-dealkylation sites (tertiary alicyclic amines) is 1. The van der Waals surface area contributed by atoms with Gasteiger partial charge in [-0.2, -0.15) is 0 Å². The Kier molecular flexibility index (Phi) is 6.14. The van der Waals surface area contributed by atoms with Crippen molar-refractivity contribution < 1.29 is 9.59 Å². The number of carbonyl (C=O) groups excluding carboxylic acids is 2. The van der Waals surface area contributed by atoms with Gasteiger partial charge in [-0.3, -0.25) is 9.59 Å². The third-order valence-electron chi connectivity index (χ3n) is 5.74. The van der Waals surface area contributed by atoms with Gasteiger partial charge in [-0.05, 0) is 74.7 Å². The summed E-state index contributed by atoms with van der Waals surface area (Å²) in [7, 11) is 0. The molecule has 0 aliphatic carbocycles. The molecule has 2 amide bonds. The van der Waals surface area contributed by atoms with Crippen molar-refractivity contribution in [2.75, 3.05) is 13.1 Å². The molecule has 2 aromatic carbocycles. The van der Waals surface area contributed by atoms with Crippen molar-refractivity contribution in [2.24, 2.45) is 0 Å². The molecule has 1 aliphatic rings. The van der Waals surface area contributed by atoms with Gasteiger partial charge in [-0.25, -0.2) is 0 Å². The van der Waals surface area contributed by atoms with Crippen molar-refractivity contribution in [3.63, 3.8) is 0 Å². The number of benzene rings is 2. The summed E-state index contributed by atoms with van der Waals surface area (Å²) in [5.41, 5.74) is 5.04. The summed E-state index contributed by atoms with van der Waals surface area (Å²) in [5, 5.41) is 3.34. The molecule has 1 fully saturated rings. The van der Waals surface area contributed by atoms with Crippen LogP contribution in [0.25, 0.3) is 5.69 Å². The van der Waals surface area contributed by atoms with Gasteiger partial charge in [0.05, 0.1) is 10.6 Å². The highest BCUT2D eigenvalue weighted by molar-refractivity contribution is 6.33. The third-order valence-corrected chi connectivity index (χ3v) is 6.07. The van der Waals surface area contributed by atoms with E-state index in [0.717, 1.165) is 48.6 Å². The van der Waals surface area contributed by atoms with Crippen LogP contribution in [0, 0.1) is 13.8 Å². The Bertz CT molecular complexity index is 1110. The standard InChI is InChI=1S/C25H26ClN3O2/c1-17-8-9-18(2)29(17)21-10-11-23(26)22(15-21)24(30)27-16-19-6-5-7-20(14-19)25(31)28-12-3-4-13-28/h5-11,14-15H,3-4,12-13,16H2,1-2H3,(H,27,30). The lowest BCUT2D eigenvalue weighted by atomic mass is 10.1. The molecule has 5 nitrogen and oxygen atoms in total. The zero-order valence-corrected chi connectivity index (χ0v) is 18.6. The van der Waals surface area contributed by atoms with Crippen molar-refractivity contribution in [3.05, 3.63) is 87.7 Å². The zero-order valence-electron chi connectivity index (χ0n) is 17.8. The van der Waals surface area contributed by atoms with Crippen LogP contribution in [0.3, 0.4) is 0 Å². The molecule has 1 aromatic heterocycles. The first-order chi connectivity index (χ1) is 14.9. The monoisotopic (exact) mass is 435 g/mol. The molecular weight excluding hydrogens is 410 g/mol. The Balaban J connectivity index is 1.49. The molecule has 3 aromatic rings. The van der Waals surface area contributed by atoms with Crippen LogP contribution in [-0.2, 0) is 6.54 Å². The quantitative estimate of drug-likeness (QED) is 0.618. The van der Waals surface area contributed by atoms with Gasteiger partial charge in [0.25, 0.3) is 11.8 Å². The third kappa shape index (κ3) is 4.52. The summed E-state index contributed by atoms with van der Waals surface area (Å²) in [4.78, 5) is 27.4. The molecule has 0 atom stereocenters. The summed E-state index contributed by atoms with van der Waals surface area (Å²) in [5.74, 6) is -0.190. The van der Waals surface area contributed by atoms with Crippen LogP contribution < -0.4 is 5.32 Å². The van der Waals surface area contributed by atoms with Gasteiger partial charge in [0, 0.05) is 42.3 Å². The normalized spacial score (nSPS) is 13.5. The Morgan fingerprint density at radius 3 is 2.39 bits per heavy atom. The van der Waals surface area contributed by atoms with E-state index in [1.807, 2.05) is 67.3 Å². The van der Waals surface area contributed by atoms with E-state index in [1.165, 1.54) is 0 Å². The van der Waals surface area contributed by atoms with Gasteiger partial charge < -0.3 is 14.8 Å². The highest BCUT2D eigenvalue weighted by atomic mass is 35.5. The lowest BCUT2D eigenvalue weighted by Crippen LogP contribution is -2.28. The van der Waals surface area contributed by atoms with E-state index in [-0.39, 0.29) is 11.8 Å². The van der Waals surface area contributed by atoms with Gasteiger partial charge in [0.15, 0.2) is 0 Å². The predicted molar refractivity (Wildman–Crippen MR) is 123 cm³/mol. The maximum atomic E-state index is 12.9. The van der Waals surface area contributed by atoms with Crippen LogP contribution in [0.15, 0.2) is 54.6 Å². The van der Waals surface area contributed by atoms with Gasteiger partial charge in [0.1, 0.15) is 0 Å². The number of aromatic nitrogens is 1. The fourth-order valence-corrected chi connectivity index (χ4v) is 4.30. The van der Waals surface area contributed by atoms with Crippen molar-refractivity contribution in [3.8, 4) is 5.69 Å². The maximum Gasteiger partial charge on any atom is 0.253 e. The Hall–Kier alpha value is -3.05. The van der Waals surface area contributed by atoms with Crippen LogP contribution in [-0.4, -0.2) is 34.4 Å². The van der Waals surface area contributed by atoms with Gasteiger partial charge in [-0.15, -0.1) is 0 Å². The highest BCUT2D eigenvalue weighted by Gasteiger charge is 2.19. The number of amides is 2. The largest absolute Gasteiger partial charge is 0.348 e. The minimum Gasteiger partial charge on any atom is -0.348 e. The van der Waals surface area contributed by atoms with Crippen molar-refractivity contribution in [1.82, 2.24) is 14.8 Å². The molecule has 0 saturated carbocycles. The number of aryl methyl sites for hydroxylation is 2. The summed E-state index contributed by atoms with van der Waals surface area (Å²) in [6, 6.07) is 17.0. The molecule has 2 heterocycles. The second kappa shape index (κ2) is 8.98. The van der Waals surface area contributed by atoms with E-state index in [0.29, 0.717) is 22.7 Å². The number of nitrogens with zero attached hydrogens (tertiary/aromatic N) is 2. The number of nitrogens with one attached hydrogen (secondary N) is 1. The molecule has 0 unspecified atom stereocenters. The van der Waals surface area contributed by atoms with E-state index in [9.17, 15) is 9.59 Å². The lowest BCUT2D eigenvalue weighted by molar-refractivity contribution is 0.0792. The predicted octanol–water partition coefficient (Wildman–Crippen LogP) is 4.91. The van der Waals surface area contributed by atoms with Crippen LogP contribution in [0.2, 0.25) is 5.02 Å². The number of hydrogen-bond acceptors (Lipinski definition) is 2. The van der Waals surface area contributed by atoms with Crippen LogP contribution in [0.5, 0.6) is 0 Å². The molecule has 4 rings (SSSR count). The van der Waals surface area contributed by atoms with Crippen LogP contribution in [0.1, 0.15) is 50.5 Å². The smallest absolute Gasteiger partial charge is 0.253 e. The Labute approximate surface area is 187 Å². The number of halogens is 1. The second-order valence-electron chi connectivity index (χ2n) is 8.00. The first-order valence-corrected chi connectivity index (χ1v) is 10.9. The molecule has 0 radical (unpaired) electrons. The molecule has 1 saturated heterocycles. The summed E-state index contributed by atoms with van der Waals surface area (Å²) >= 11 is 6.33. The van der Waals surface area contributed by atoms with Crippen molar-refractivity contribution in [1.29, 1.82) is 0 Å². The molecule has 1 aliphatic heterocycles. The second-order valence-corrected chi connectivity index (χ2v) is 8.41. The Morgan fingerprint density at radius 1 is 0.968 bits per heavy atom. The first-order valence-electron chi connectivity index (χ1n) is 10.6. The minimum absolute atomic E-state index is 0.0545. The van der Waals surface area contributed by atoms with Gasteiger partial charge in [0.2, 0.25) is 0 Å². The molecular formula is C25H26ClN3O2. The van der Waals surface area contributed by atoms with Gasteiger partial charge >= 0.3 is 0 Å². The van der Waals surface area contributed by atoms with E-state index in [1.54, 1.807) is 6.07 Å². The maximum absolute atomic E-state index is 12.9. The molecule has 160 valence electrons. The fourth-order valence-electron chi connectivity index (χ4n) is 4.10.